The molecule has 1 fully saturated rings. The van der Waals surface area contributed by atoms with E-state index in [1.165, 1.54) is 0 Å². The summed E-state index contributed by atoms with van der Waals surface area (Å²) < 4.78 is 25.2. The Morgan fingerprint density at radius 2 is 1.96 bits per heavy atom. The predicted octanol–water partition coefficient (Wildman–Crippen LogP) is 2.41. The number of amides is 1. The van der Waals surface area contributed by atoms with Crippen molar-refractivity contribution in [1.82, 2.24) is 4.90 Å². The number of nitrogens with two attached hydrogens (primary N) is 1. The van der Waals surface area contributed by atoms with E-state index in [9.17, 15) is 14.0 Å². The molecule has 1 heterocycles. The molecule has 2 N–H and O–H groups in total. The summed E-state index contributed by atoms with van der Waals surface area (Å²) in [4.78, 5) is 25.8. The van der Waals surface area contributed by atoms with E-state index in [-0.39, 0.29) is 26.1 Å². The first-order chi connectivity index (χ1) is 11.6. The number of carbonyl (C=O) groups excluding carboxylic acids is 2. The average Bonchev–Trinajstić information content (AvgIpc) is 2.91. The molecule has 0 spiro atoms. The molecular weight excluding hydrogens is 327 g/mol. The van der Waals surface area contributed by atoms with Crippen molar-refractivity contribution in [2.45, 2.75) is 51.1 Å². The molecule has 0 aliphatic carbocycles. The third kappa shape index (κ3) is 5.16. The number of ether oxygens (including phenoxy) is 2. The smallest absolute Gasteiger partial charge is 0.411 e. The minimum atomic E-state index is -1.83. The summed E-state index contributed by atoms with van der Waals surface area (Å²) in [7, 11) is 0. The lowest BCUT2D eigenvalue weighted by Gasteiger charge is -2.27. The Labute approximate surface area is 147 Å². The van der Waals surface area contributed by atoms with Gasteiger partial charge in [-0.1, -0.05) is 30.3 Å². The van der Waals surface area contributed by atoms with Gasteiger partial charge in [0.25, 0.3) is 0 Å². The second-order valence-electron chi connectivity index (χ2n) is 7.28. The molecule has 1 aromatic carbocycles. The largest absolute Gasteiger partial charge is 0.459 e. The summed E-state index contributed by atoms with van der Waals surface area (Å²) in [5.74, 6) is -0.664. The fraction of sp³-hybridized carbons (Fsp3) is 0.556. The molecule has 1 amide bonds. The van der Waals surface area contributed by atoms with Gasteiger partial charge in [0.1, 0.15) is 23.9 Å². The third-order valence-corrected chi connectivity index (χ3v) is 3.88. The van der Waals surface area contributed by atoms with Crippen LogP contribution in [0, 0.1) is 0 Å². The van der Waals surface area contributed by atoms with Crippen molar-refractivity contribution in [3.05, 3.63) is 35.9 Å². The molecule has 0 unspecified atom stereocenters. The number of likely N-dealkylation sites (tertiary alicyclic amines) is 1. The van der Waals surface area contributed by atoms with Crippen LogP contribution in [0.5, 0.6) is 0 Å². The SMILES string of the molecule is CC(C)(C)OC(=O)N1C[C@@](F)(CN)C[C@H]1C(=O)OCc1ccccc1. The monoisotopic (exact) mass is 352 g/mol. The number of nitrogens with zero attached hydrogens (tertiary/aromatic N) is 1. The Hall–Kier alpha value is -2.15. The minimum Gasteiger partial charge on any atom is -0.459 e. The maximum atomic E-state index is 14.7. The van der Waals surface area contributed by atoms with Crippen LogP contribution in [0.1, 0.15) is 32.8 Å². The molecule has 1 aliphatic rings. The van der Waals surface area contributed by atoms with Crippen molar-refractivity contribution >= 4 is 12.1 Å². The van der Waals surface area contributed by atoms with Crippen molar-refractivity contribution in [3.63, 3.8) is 0 Å². The maximum absolute atomic E-state index is 14.7. The number of hydrogen-bond donors (Lipinski definition) is 1. The average molecular weight is 352 g/mol. The van der Waals surface area contributed by atoms with Gasteiger partial charge in [0.15, 0.2) is 0 Å². The molecule has 1 saturated heterocycles. The Bertz CT molecular complexity index is 617. The number of halogens is 1. The lowest BCUT2D eigenvalue weighted by molar-refractivity contribution is -0.150. The molecule has 0 saturated carbocycles. The van der Waals surface area contributed by atoms with E-state index in [0.717, 1.165) is 10.5 Å². The van der Waals surface area contributed by atoms with Crippen LogP contribution in [0.3, 0.4) is 0 Å². The highest BCUT2D eigenvalue weighted by Gasteiger charge is 2.50. The van der Waals surface area contributed by atoms with Crippen LogP contribution in [0.2, 0.25) is 0 Å². The molecule has 7 heteroatoms. The first-order valence-corrected chi connectivity index (χ1v) is 8.23. The van der Waals surface area contributed by atoms with Crippen LogP contribution in [-0.2, 0) is 20.9 Å². The zero-order valence-corrected chi connectivity index (χ0v) is 14.8. The van der Waals surface area contributed by atoms with Crippen LogP contribution >= 0.6 is 0 Å². The zero-order chi connectivity index (χ0) is 18.7. The second-order valence-corrected chi connectivity index (χ2v) is 7.28. The summed E-state index contributed by atoms with van der Waals surface area (Å²) in [6, 6.07) is 8.08. The summed E-state index contributed by atoms with van der Waals surface area (Å²) in [5, 5.41) is 0. The van der Waals surface area contributed by atoms with Gasteiger partial charge < -0.3 is 15.2 Å². The van der Waals surface area contributed by atoms with Crippen LogP contribution in [0.25, 0.3) is 0 Å². The third-order valence-electron chi connectivity index (χ3n) is 3.88. The Morgan fingerprint density at radius 3 is 2.52 bits per heavy atom. The van der Waals surface area contributed by atoms with Crippen LogP contribution < -0.4 is 5.73 Å². The van der Waals surface area contributed by atoms with Crippen molar-refractivity contribution in [3.8, 4) is 0 Å². The quantitative estimate of drug-likeness (QED) is 0.842. The Kier molecular flexibility index (Phi) is 5.67. The number of alkyl halides is 1. The lowest BCUT2D eigenvalue weighted by Crippen LogP contribution is -2.44. The van der Waals surface area contributed by atoms with Gasteiger partial charge in [-0.2, -0.15) is 0 Å². The van der Waals surface area contributed by atoms with E-state index in [4.69, 9.17) is 15.2 Å². The summed E-state index contributed by atoms with van der Waals surface area (Å²) in [6.45, 7) is 4.60. The fourth-order valence-corrected chi connectivity index (χ4v) is 2.63. The highest BCUT2D eigenvalue weighted by atomic mass is 19.1. The van der Waals surface area contributed by atoms with Crippen LogP contribution in [0.15, 0.2) is 30.3 Å². The first-order valence-electron chi connectivity index (χ1n) is 8.23. The van der Waals surface area contributed by atoms with Crippen LogP contribution in [-0.4, -0.2) is 47.4 Å². The first kappa shape index (κ1) is 19.2. The van der Waals surface area contributed by atoms with E-state index in [2.05, 4.69) is 0 Å². The van der Waals surface area contributed by atoms with Gasteiger partial charge in [0.05, 0.1) is 6.54 Å². The molecule has 2 rings (SSSR count). The van der Waals surface area contributed by atoms with Crippen LogP contribution in [0.4, 0.5) is 9.18 Å². The molecule has 138 valence electrons. The molecule has 0 aromatic heterocycles. The molecular formula is C18H25FN2O4. The zero-order valence-electron chi connectivity index (χ0n) is 14.8. The minimum absolute atomic E-state index is 0.0558. The Balaban J connectivity index is 2.08. The van der Waals surface area contributed by atoms with E-state index >= 15 is 0 Å². The van der Waals surface area contributed by atoms with E-state index in [1.807, 2.05) is 30.3 Å². The fourth-order valence-electron chi connectivity index (χ4n) is 2.63. The van der Waals surface area contributed by atoms with Gasteiger partial charge in [0.2, 0.25) is 0 Å². The topological polar surface area (TPSA) is 81.9 Å². The van der Waals surface area contributed by atoms with Crippen molar-refractivity contribution in [2.24, 2.45) is 5.73 Å². The number of rotatable bonds is 4. The molecule has 0 radical (unpaired) electrons. The number of benzene rings is 1. The van der Waals surface area contributed by atoms with E-state index < -0.39 is 29.4 Å². The molecule has 2 atom stereocenters. The molecule has 1 aliphatic heterocycles. The number of carbonyl (C=O) groups is 2. The standard InChI is InChI=1S/C18H25FN2O4/c1-17(2,3)25-16(23)21-12-18(19,11-20)9-14(21)15(22)24-10-13-7-5-4-6-8-13/h4-8,14H,9-12,20H2,1-3H3/t14-,18-/m0/s1. The highest BCUT2D eigenvalue weighted by molar-refractivity contribution is 5.82. The maximum Gasteiger partial charge on any atom is 0.411 e. The van der Waals surface area contributed by atoms with Gasteiger partial charge >= 0.3 is 12.1 Å². The normalized spacial score (nSPS) is 23.4. The Morgan fingerprint density at radius 1 is 1.32 bits per heavy atom. The molecule has 0 bridgehead atoms. The second kappa shape index (κ2) is 7.39. The summed E-state index contributed by atoms with van der Waals surface area (Å²) >= 11 is 0. The highest BCUT2D eigenvalue weighted by Crippen LogP contribution is 2.32. The number of esters is 1. The van der Waals surface area contributed by atoms with Gasteiger partial charge in [-0.05, 0) is 26.3 Å². The van der Waals surface area contributed by atoms with Gasteiger partial charge in [-0.25, -0.2) is 14.0 Å². The van der Waals surface area contributed by atoms with Gasteiger partial charge in [-0.15, -0.1) is 0 Å². The molecule has 25 heavy (non-hydrogen) atoms. The van der Waals surface area contributed by atoms with E-state index in [1.54, 1.807) is 20.8 Å². The van der Waals surface area contributed by atoms with Crippen molar-refractivity contribution < 1.29 is 23.5 Å². The van der Waals surface area contributed by atoms with Crippen molar-refractivity contribution in [1.29, 1.82) is 0 Å². The van der Waals surface area contributed by atoms with Gasteiger partial charge in [-0.3, -0.25) is 4.90 Å². The van der Waals surface area contributed by atoms with Gasteiger partial charge in [0, 0.05) is 13.0 Å². The van der Waals surface area contributed by atoms with Crippen molar-refractivity contribution in [2.75, 3.05) is 13.1 Å². The summed E-state index contributed by atoms with van der Waals surface area (Å²) in [5.41, 5.74) is 3.71. The van der Waals surface area contributed by atoms with E-state index in [0.29, 0.717) is 0 Å². The molecule has 6 nitrogen and oxygen atoms in total. The summed E-state index contributed by atoms with van der Waals surface area (Å²) in [6.07, 6.45) is -0.946. The molecule has 1 aromatic rings. The lowest BCUT2D eigenvalue weighted by atomic mass is 10.0. The number of hydrogen-bond acceptors (Lipinski definition) is 5. The predicted molar refractivity (Wildman–Crippen MR) is 90.5 cm³/mol.